The molecule has 2 aromatic carbocycles. The third-order valence-electron chi connectivity index (χ3n) is 4.94. The Morgan fingerprint density at radius 3 is 2.60 bits per heavy atom. The number of benzene rings is 2. The van der Waals surface area contributed by atoms with Crippen molar-refractivity contribution in [3.8, 4) is 22.7 Å². The fourth-order valence-corrected chi connectivity index (χ4v) is 3.54. The second-order valence-corrected chi connectivity index (χ2v) is 6.88. The number of rotatable bonds is 4. The van der Waals surface area contributed by atoms with Gasteiger partial charge in [-0.3, -0.25) is 4.79 Å². The van der Waals surface area contributed by atoms with Crippen LogP contribution < -0.4 is 10.6 Å². The molecule has 152 valence electrons. The predicted molar refractivity (Wildman–Crippen MR) is 102 cm³/mol. The molecule has 4 aromatic rings. The van der Waals surface area contributed by atoms with Crippen molar-refractivity contribution in [2.45, 2.75) is 12.5 Å². The first kappa shape index (κ1) is 18.2. The van der Waals surface area contributed by atoms with Crippen LogP contribution in [0.5, 0.6) is 0 Å². The SMILES string of the molecule is O=C1NCCC1Nc1nnc(-c2c(-c3ccc(F)cc3)[nH]c3c(F)cc(F)cc23)o1. The molecule has 0 aliphatic carbocycles. The molecule has 3 heterocycles. The third kappa shape index (κ3) is 3.06. The highest BCUT2D eigenvalue weighted by Crippen LogP contribution is 2.39. The minimum atomic E-state index is -0.792. The minimum Gasteiger partial charge on any atom is -0.403 e. The second kappa shape index (κ2) is 6.90. The van der Waals surface area contributed by atoms with Crippen molar-refractivity contribution in [3.63, 3.8) is 0 Å². The van der Waals surface area contributed by atoms with Crippen LogP contribution in [0.4, 0.5) is 19.2 Å². The fourth-order valence-electron chi connectivity index (χ4n) is 3.54. The van der Waals surface area contributed by atoms with Gasteiger partial charge in [-0.15, -0.1) is 5.10 Å². The molecule has 2 aromatic heterocycles. The van der Waals surface area contributed by atoms with E-state index in [-0.39, 0.29) is 34.3 Å². The Morgan fingerprint density at radius 1 is 1.07 bits per heavy atom. The number of nitrogens with one attached hydrogen (secondary N) is 3. The molecule has 1 aliphatic rings. The molecule has 5 rings (SSSR count). The summed E-state index contributed by atoms with van der Waals surface area (Å²) in [6, 6.07) is 6.90. The topological polar surface area (TPSA) is 95.8 Å². The second-order valence-electron chi connectivity index (χ2n) is 6.88. The lowest BCUT2D eigenvalue weighted by molar-refractivity contribution is -0.119. The molecule has 0 radical (unpaired) electrons. The Morgan fingerprint density at radius 2 is 1.87 bits per heavy atom. The van der Waals surface area contributed by atoms with E-state index in [4.69, 9.17) is 4.42 Å². The highest BCUT2D eigenvalue weighted by Gasteiger charge is 2.27. The first-order chi connectivity index (χ1) is 14.5. The summed E-state index contributed by atoms with van der Waals surface area (Å²) in [5.41, 5.74) is 1.20. The maximum Gasteiger partial charge on any atom is 0.316 e. The number of nitrogens with zero attached hydrogens (tertiary/aromatic N) is 2. The Balaban J connectivity index is 1.65. The molecular weight excluding hydrogens is 399 g/mol. The maximum atomic E-state index is 14.4. The van der Waals surface area contributed by atoms with Crippen LogP contribution in [-0.2, 0) is 4.79 Å². The molecule has 7 nitrogen and oxygen atoms in total. The van der Waals surface area contributed by atoms with E-state index in [2.05, 4.69) is 25.8 Å². The molecule has 1 aliphatic heterocycles. The molecule has 10 heteroatoms. The third-order valence-corrected chi connectivity index (χ3v) is 4.94. The normalized spacial score (nSPS) is 16.2. The van der Waals surface area contributed by atoms with E-state index in [0.717, 1.165) is 12.1 Å². The van der Waals surface area contributed by atoms with Gasteiger partial charge in [0, 0.05) is 18.0 Å². The molecule has 0 saturated carbocycles. The van der Waals surface area contributed by atoms with Crippen LogP contribution in [0.1, 0.15) is 6.42 Å². The molecule has 1 saturated heterocycles. The summed E-state index contributed by atoms with van der Waals surface area (Å²) in [6.07, 6.45) is 0.556. The number of carbonyl (C=O) groups excluding carboxylic acids is 1. The number of H-pyrrole nitrogens is 1. The fraction of sp³-hybridized carbons (Fsp3) is 0.150. The summed E-state index contributed by atoms with van der Waals surface area (Å²) in [6.45, 7) is 0.535. The molecule has 0 spiro atoms. The molecule has 1 atom stereocenters. The molecule has 3 N–H and O–H groups in total. The van der Waals surface area contributed by atoms with Crippen molar-refractivity contribution in [1.82, 2.24) is 20.5 Å². The van der Waals surface area contributed by atoms with E-state index in [9.17, 15) is 18.0 Å². The lowest BCUT2D eigenvalue weighted by Crippen LogP contribution is -2.29. The van der Waals surface area contributed by atoms with Gasteiger partial charge in [-0.2, -0.15) is 0 Å². The van der Waals surface area contributed by atoms with Gasteiger partial charge < -0.3 is 20.0 Å². The van der Waals surface area contributed by atoms with Gasteiger partial charge in [0.1, 0.15) is 23.5 Å². The number of hydrogen-bond donors (Lipinski definition) is 3. The number of carbonyl (C=O) groups is 1. The van der Waals surface area contributed by atoms with Crippen LogP contribution in [0, 0.1) is 17.5 Å². The molecule has 30 heavy (non-hydrogen) atoms. The van der Waals surface area contributed by atoms with E-state index in [1.54, 1.807) is 0 Å². The van der Waals surface area contributed by atoms with Crippen molar-refractivity contribution >= 4 is 22.8 Å². The van der Waals surface area contributed by atoms with E-state index in [0.29, 0.717) is 24.2 Å². The standard InChI is InChI=1S/C20H14F3N5O2/c21-10-3-1-9(2-4-10)16-15(12-7-11(22)8-13(23)17(12)26-16)19-27-28-20(30-19)25-14-5-6-24-18(14)29/h1-4,7-8,14,26H,5-6H2,(H,24,29)(H,25,28). The Labute approximate surface area is 167 Å². The van der Waals surface area contributed by atoms with E-state index in [1.165, 1.54) is 24.3 Å². The van der Waals surface area contributed by atoms with E-state index < -0.39 is 23.5 Å². The molecular formula is C20H14F3N5O2. The van der Waals surface area contributed by atoms with Crippen molar-refractivity contribution in [1.29, 1.82) is 0 Å². The number of amides is 1. The van der Waals surface area contributed by atoms with Gasteiger partial charge in [-0.1, -0.05) is 5.10 Å². The van der Waals surface area contributed by atoms with Gasteiger partial charge in [0.2, 0.25) is 5.91 Å². The zero-order valence-corrected chi connectivity index (χ0v) is 15.3. The summed E-state index contributed by atoms with van der Waals surface area (Å²) in [5, 5.41) is 13.6. The average molecular weight is 413 g/mol. The Kier molecular flexibility index (Phi) is 4.19. The Bertz CT molecular complexity index is 1270. The maximum absolute atomic E-state index is 14.4. The van der Waals surface area contributed by atoms with Gasteiger partial charge in [-0.05, 0) is 42.3 Å². The highest BCUT2D eigenvalue weighted by molar-refractivity contribution is 6.02. The first-order valence-corrected chi connectivity index (χ1v) is 9.14. The Hall–Kier alpha value is -3.82. The van der Waals surface area contributed by atoms with E-state index >= 15 is 0 Å². The molecule has 1 fully saturated rings. The lowest BCUT2D eigenvalue weighted by atomic mass is 10.0. The summed E-state index contributed by atoms with van der Waals surface area (Å²) < 4.78 is 47.4. The molecule has 1 unspecified atom stereocenters. The number of aromatic amines is 1. The van der Waals surface area contributed by atoms with Crippen molar-refractivity contribution in [3.05, 3.63) is 53.8 Å². The molecule has 1 amide bonds. The quantitative estimate of drug-likeness (QED) is 0.475. The summed E-state index contributed by atoms with van der Waals surface area (Å²) in [7, 11) is 0. The van der Waals surface area contributed by atoms with Crippen LogP contribution in [0.25, 0.3) is 33.6 Å². The number of anilines is 1. The number of fused-ring (bicyclic) bond motifs is 1. The monoisotopic (exact) mass is 413 g/mol. The number of halogens is 3. The number of hydrogen-bond acceptors (Lipinski definition) is 5. The van der Waals surface area contributed by atoms with Crippen LogP contribution >= 0.6 is 0 Å². The van der Waals surface area contributed by atoms with Gasteiger partial charge in [0.25, 0.3) is 5.89 Å². The summed E-state index contributed by atoms with van der Waals surface area (Å²) >= 11 is 0. The first-order valence-electron chi connectivity index (χ1n) is 9.14. The van der Waals surface area contributed by atoms with Gasteiger partial charge in [0.05, 0.1) is 16.8 Å². The van der Waals surface area contributed by atoms with Gasteiger partial charge in [0.15, 0.2) is 0 Å². The van der Waals surface area contributed by atoms with Crippen LogP contribution in [-0.4, -0.2) is 33.7 Å². The van der Waals surface area contributed by atoms with Gasteiger partial charge >= 0.3 is 6.01 Å². The number of aromatic nitrogens is 3. The van der Waals surface area contributed by atoms with Crippen LogP contribution in [0.3, 0.4) is 0 Å². The largest absolute Gasteiger partial charge is 0.403 e. The van der Waals surface area contributed by atoms with Crippen molar-refractivity contribution in [2.24, 2.45) is 0 Å². The van der Waals surface area contributed by atoms with E-state index in [1.807, 2.05) is 0 Å². The summed E-state index contributed by atoms with van der Waals surface area (Å²) in [4.78, 5) is 14.7. The highest BCUT2D eigenvalue weighted by atomic mass is 19.1. The van der Waals surface area contributed by atoms with Crippen LogP contribution in [0.2, 0.25) is 0 Å². The van der Waals surface area contributed by atoms with Crippen molar-refractivity contribution in [2.75, 3.05) is 11.9 Å². The van der Waals surface area contributed by atoms with Crippen molar-refractivity contribution < 1.29 is 22.4 Å². The zero-order valence-electron chi connectivity index (χ0n) is 15.3. The lowest BCUT2D eigenvalue weighted by Gasteiger charge is -2.05. The average Bonchev–Trinajstić information content (AvgIpc) is 3.42. The van der Waals surface area contributed by atoms with Gasteiger partial charge in [-0.25, -0.2) is 13.2 Å². The minimum absolute atomic E-state index is 0.00308. The van der Waals surface area contributed by atoms with Crippen LogP contribution in [0.15, 0.2) is 40.8 Å². The predicted octanol–water partition coefficient (Wildman–Crippen LogP) is 3.60. The smallest absolute Gasteiger partial charge is 0.316 e. The summed E-state index contributed by atoms with van der Waals surface area (Å²) in [5.74, 6) is -2.19. The molecule has 0 bridgehead atoms. The zero-order chi connectivity index (χ0) is 20.8.